The quantitative estimate of drug-likeness (QED) is 0.287. The van der Waals surface area contributed by atoms with Gasteiger partial charge in [0.1, 0.15) is 0 Å². The van der Waals surface area contributed by atoms with Crippen molar-refractivity contribution < 1.29 is 10.1 Å². The molecular formula is C8H17N3O2S. The first-order chi connectivity index (χ1) is 6.45. The van der Waals surface area contributed by atoms with Gasteiger partial charge < -0.3 is 10.2 Å². The predicted octanol–water partition coefficient (Wildman–Crippen LogP) is 1.91. The molecular weight excluding hydrogens is 202 g/mol. The molecule has 0 saturated carbocycles. The first-order valence-electron chi connectivity index (χ1n) is 4.37. The first kappa shape index (κ1) is 13.2. The van der Waals surface area contributed by atoms with E-state index < -0.39 is 0 Å². The molecule has 0 aliphatic carbocycles. The van der Waals surface area contributed by atoms with Gasteiger partial charge >= 0.3 is 0 Å². The molecule has 14 heavy (non-hydrogen) atoms. The van der Waals surface area contributed by atoms with Gasteiger partial charge in [0.2, 0.25) is 0 Å². The van der Waals surface area contributed by atoms with Crippen LogP contribution >= 0.6 is 11.8 Å². The second kappa shape index (κ2) is 6.67. The summed E-state index contributed by atoms with van der Waals surface area (Å²) in [4.78, 5) is 8.01. The van der Waals surface area contributed by atoms with Gasteiger partial charge in [-0.1, -0.05) is 0 Å². The molecule has 0 bridgehead atoms. The molecule has 82 valence electrons. The van der Waals surface area contributed by atoms with E-state index in [9.17, 15) is 0 Å². The third kappa shape index (κ3) is 6.73. The Hall–Kier alpha value is -0.750. The Labute approximate surface area is 88.4 Å². The number of hydrogen-bond acceptors (Lipinski definition) is 5. The van der Waals surface area contributed by atoms with Crippen LogP contribution in [0.3, 0.4) is 0 Å². The molecule has 0 amide bonds. The van der Waals surface area contributed by atoms with Crippen LogP contribution in [0.15, 0.2) is 4.99 Å². The first-order valence-corrected chi connectivity index (χ1v) is 5.19. The van der Waals surface area contributed by atoms with E-state index >= 15 is 0 Å². The zero-order valence-electron chi connectivity index (χ0n) is 8.87. The SMILES string of the molecule is CC(C)N=C(NC(C)C)SC(=N)OO. The van der Waals surface area contributed by atoms with E-state index in [-0.39, 0.29) is 17.3 Å². The largest absolute Gasteiger partial charge is 0.362 e. The average molecular weight is 219 g/mol. The van der Waals surface area contributed by atoms with Gasteiger partial charge in [-0.3, -0.25) is 10.4 Å². The molecule has 0 aliphatic rings. The Balaban J connectivity index is 4.32. The molecule has 0 spiro atoms. The van der Waals surface area contributed by atoms with Crippen LogP contribution in [-0.2, 0) is 4.89 Å². The minimum atomic E-state index is -0.294. The Morgan fingerprint density at radius 3 is 2.36 bits per heavy atom. The maximum absolute atomic E-state index is 8.22. The summed E-state index contributed by atoms with van der Waals surface area (Å²) in [5.41, 5.74) is 0. The topological polar surface area (TPSA) is 77.7 Å². The number of hydrogen-bond donors (Lipinski definition) is 3. The molecule has 6 heteroatoms. The molecule has 3 N–H and O–H groups in total. The number of rotatable bonds is 2. The lowest BCUT2D eigenvalue weighted by molar-refractivity contribution is -0.151. The molecule has 0 radical (unpaired) electrons. The van der Waals surface area contributed by atoms with E-state index in [1.165, 1.54) is 0 Å². The summed E-state index contributed by atoms with van der Waals surface area (Å²) in [6.07, 6.45) is 0. The fourth-order valence-electron chi connectivity index (χ4n) is 0.681. The van der Waals surface area contributed by atoms with E-state index in [0.29, 0.717) is 5.17 Å². The van der Waals surface area contributed by atoms with Crippen molar-refractivity contribution in [2.45, 2.75) is 39.8 Å². The number of nitrogens with one attached hydrogen (secondary N) is 2. The monoisotopic (exact) mass is 219 g/mol. The summed E-state index contributed by atoms with van der Waals surface area (Å²) >= 11 is 0.951. The molecule has 0 saturated heterocycles. The number of amidine groups is 1. The summed E-state index contributed by atoms with van der Waals surface area (Å²) in [5, 5.41) is 18.7. The minimum absolute atomic E-state index is 0.134. The van der Waals surface area contributed by atoms with Gasteiger partial charge in [-0.05, 0) is 27.7 Å². The van der Waals surface area contributed by atoms with Crippen molar-refractivity contribution in [3.05, 3.63) is 0 Å². The van der Waals surface area contributed by atoms with Crippen molar-refractivity contribution in [3.63, 3.8) is 0 Å². The maximum atomic E-state index is 8.22. The molecule has 5 nitrogen and oxygen atoms in total. The Kier molecular flexibility index (Phi) is 6.31. The number of thioether (sulfide) groups is 1. The lowest BCUT2D eigenvalue weighted by atomic mass is 10.4. The normalized spacial score (nSPS) is 12.1. The fourth-order valence-corrected chi connectivity index (χ4v) is 1.45. The van der Waals surface area contributed by atoms with Crippen LogP contribution in [-0.4, -0.2) is 27.7 Å². The van der Waals surface area contributed by atoms with E-state index in [0.717, 1.165) is 11.8 Å². The number of aliphatic imine (C=N–C) groups is 1. The van der Waals surface area contributed by atoms with Crippen LogP contribution in [0.1, 0.15) is 27.7 Å². The maximum Gasteiger partial charge on any atom is 0.291 e. The van der Waals surface area contributed by atoms with E-state index in [4.69, 9.17) is 10.7 Å². The summed E-state index contributed by atoms with van der Waals surface area (Å²) in [5.74, 6) is 0. The average Bonchev–Trinajstić information content (AvgIpc) is 2.01. The standard InChI is InChI=1S/C8H17N3O2S/c1-5(2)10-8(11-6(3)4)14-7(9)13-12/h5-6,9,12H,1-4H3,(H,10,11). The highest BCUT2D eigenvalue weighted by Crippen LogP contribution is 2.07. The third-order valence-corrected chi connectivity index (χ3v) is 1.74. The summed E-state index contributed by atoms with van der Waals surface area (Å²) in [7, 11) is 0. The summed E-state index contributed by atoms with van der Waals surface area (Å²) in [6.45, 7) is 7.82. The fraction of sp³-hybridized carbons (Fsp3) is 0.750. The lowest BCUT2D eigenvalue weighted by Crippen LogP contribution is -2.29. The van der Waals surface area contributed by atoms with Gasteiger partial charge in [-0.15, -0.1) is 0 Å². The van der Waals surface area contributed by atoms with E-state index in [1.807, 2.05) is 27.7 Å². The molecule has 0 heterocycles. The number of nitrogens with zero attached hydrogens (tertiary/aromatic N) is 1. The van der Waals surface area contributed by atoms with Crippen molar-refractivity contribution >= 4 is 22.2 Å². The highest BCUT2D eigenvalue weighted by molar-refractivity contribution is 8.26. The second-order valence-corrected chi connectivity index (χ2v) is 4.27. The Morgan fingerprint density at radius 2 is 2.00 bits per heavy atom. The highest BCUT2D eigenvalue weighted by atomic mass is 32.2. The minimum Gasteiger partial charge on any atom is -0.362 e. The van der Waals surface area contributed by atoms with Gasteiger partial charge in [0.25, 0.3) is 5.23 Å². The molecule has 0 unspecified atom stereocenters. The third-order valence-electron chi connectivity index (χ3n) is 1.06. The van der Waals surface area contributed by atoms with Crippen molar-refractivity contribution in [2.24, 2.45) is 4.99 Å². The summed E-state index contributed by atoms with van der Waals surface area (Å²) in [6, 6.07) is 0.363. The van der Waals surface area contributed by atoms with E-state index in [2.05, 4.69) is 15.2 Å². The van der Waals surface area contributed by atoms with E-state index in [1.54, 1.807) is 0 Å². The molecule has 0 aliphatic heterocycles. The van der Waals surface area contributed by atoms with Crippen molar-refractivity contribution in [1.82, 2.24) is 5.32 Å². The van der Waals surface area contributed by atoms with Crippen LogP contribution in [0.5, 0.6) is 0 Å². The molecule has 0 aromatic carbocycles. The smallest absolute Gasteiger partial charge is 0.291 e. The summed E-state index contributed by atoms with van der Waals surface area (Å²) < 4.78 is 0. The van der Waals surface area contributed by atoms with Crippen LogP contribution < -0.4 is 5.32 Å². The molecule has 0 aromatic heterocycles. The molecule has 0 atom stereocenters. The van der Waals surface area contributed by atoms with Crippen molar-refractivity contribution in [1.29, 1.82) is 5.41 Å². The lowest BCUT2D eigenvalue weighted by Gasteiger charge is -2.12. The van der Waals surface area contributed by atoms with Crippen LogP contribution in [0.25, 0.3) is 0 Å². The molecule has 0 fully saturated rings. The zero-order valence-corrected chi connectivity index (χ0v) is 9.68. The second-order valence-electron chi connectivity index (χ2n) is 3.31. The highest BCUT2D eigenvalue weighted by Gasteiger charge is 2.08. The molecule has 0 aromatic rings. The van der Waals surface area contributed by atoms with Gasteiger partial charge in [0.15, 0.2) is 5.17 Å². The van der Waals surface area contributed by atoms with Gasteiger partial charge in [-0.25, -0.2) is 5.26 Å². The van der Waals surface area contributed by atoms with Gasteiger partial charge in [0, 0.05) is 23.8 Å². The Bertz CT molecular complexity index is 217. The zero-order chi connectivity index (χ0) is 11.1. The van der Waals surface area contributed by atoms with Crippen molar-refractivity contribution in [2.75, 3.05) is 0 Å². The molecule has 0 rings (SSSR count). The van der Waals surface area contributed by atoms with Crippen LogP contribution in [0.2, 0.25) is 0 Å². The van der Waals surface area contributed by atoms with Gasteiger partial charge in [-0.2, -0.15) is 0 Å². The van der Waals surface area contributed by atoms with Crippen LogP contribution in [0.4, 0.5) is 0 Å². The van der Waals surface area contributed by atoms with Crippen molar-refractivity contribution in [3.8, 4) is 0 Å². The van der Waals surface area contributed by atoms with Gasteiger partial charge in [0.05, 0.1) is 0 Å². The predicted molar refractivity (Wildman–Crippen MR) is 59.9 cm³/mol. The Morgan fingerprint density at radius 1 is 1.43 bits per heavy atom. The van der Waals surface area contributed by atoms with Crippen LogP contribution in [0, 0.1) is 5.41 Å².